The number of ether oxygens (including phenoxy) is 2. The molecule has 34 heavy (non-hydrogen) atoms. The highest BCUT2D eigenvalue weighted by atomic mass is 32.2. The molecule has 1 aliphatic carbocycles. The maximum Gasteiger partial charge on any atom is 0.243 e. The van der Waals surface area contributed by atoms with Crippen LogP contribution >= 0.6 is 0 Å². The van der Waals surface area contributed by atoms with Crippen molar-refractivity contribution < 1.29 is 17.9 Å². The Morgan fingerprint density at radius 3 is 2.65 bits per heavy atom. The fourth-order valence-corrected chi connectivity index (χ4v) is 6.12. The molecule has 9 nitrogen and oxygen atoms in total. The molecule has 10 heteroatoms. The Balaban J connectivity index is 1.42. The van der Waals surface area contributed by atoms with E-state index < -0.39 is 10.0 Å². The van der Waals surface area contributed by atoms with Gasteiger partial charge < -0.3 is 25.1 Å². The van der Waals surface area contributed by atoms with Crippen LogP contribution in [0.25, 0.3) is 11.0 Å². The summed E-state index contributed by atoms with van der Waals surface area (Å²) in [5.41, 5.74) is 2.46. The molecule has 0 spiro atoms. The van der Waals surface area contributed by atoms with Gasteiger partial charge in [0.15, 0.2) is 0 Å². The summed E-state index contributed by atoms with van der Waals surface area (Å²) in [6.07, 6.45) is 8.03. The molecule has 0 bridgehead atoms. The maximum atomic E-state index is 13.0. The molecule has 3 aromatic rings. The van der Waals surface area contributed by atoms with Gasteiger partial charge in [-0.25, -0.2) is 13.4 Å². The molecule has 3 N–H and O–H groups in total. The molecular formula is C24H31N5O4S. The highest BCUT2D eigenvalue weighted by Gasteiger charge is 2.27. The number of methoxy groups -OCH3 is 1. The van der Waals surface area contributed by atoms with E-state index in [0.29, 0.717) is 49.6 Å². The predicted molar refractivity (Wildman–Crippen MR) is 132 cm³/mol. The Labute approximate surface area is 199 Å². The third-order valence-electron chi connectivity index (χ3n) is 6.54. The number of aromatic nitrogens is 2. The van der Waals surface area contributed by atoms with E-state index in [2.05, 4.69) is 15.6 Å². The molecule has 2 aliphatic rings. The largest absolute Gasteiger partial charge is 0.495 e. The molecular weight excluding hydrogens is 454 g/mol. The SMILES string of the molecule is COc1cc(S(=O)(=O)N2CCOCC2)ccc1Nc1cc(NC2CCCCC2)c2cc[nH]c2n1. The number of morpholine rings is 1. The Morgan fingerprint density at radius 1 is 1.09 bits per heavy atom. The molecule has 0 unspecified atom stereocenters. The van der Waals surface area contributed by atoms with E-state index in [1.54, 1.807) is 18.2 Å². The number of sulfonamides is 1. The van der Waals surface area contributed by atoms with Crippen LogP contribution in [0.5, 0.6) is 5.75 Å². The van der Waals surface area contributed by atoms with Crippen LogP contribution in [0.1, 0.15) is 32.1 Å². The van der Waals surface area contributed by atoms with Crippen molar-refractivity contribution in [2.45, 2.75) is 43.0 Å². The zero-order valence-electron chi connectivity index (χ0n) is 19.3. The first kappa shape index (κ1) is 22.9. The molecule has 0 amide bonds. The fourth-order valence-electron chi connectivity index (χ4n) is 4.70. The normalized spacial score (nSPS) is 18.1. The number of aromatic amines is 1. The smallest absolute Gasteiger partial charge is 0.243 e. The summed E-state index contributed by atoms with van der Waals surface area (Å²) in [4.78, 5) is 8.10. The Kier molecular flexibility index (Phi) is 6.62. The number of nitrogens with zero attached hydrogens (tertiary/aromatic N) is 2. The topological polar surface area (TPSA) is 109 Å². The summed E-state index contributed by atoms with van der Waals surface area (Å²) in [5.74, 6) is 1.08. The summed E-state index contributed by atoms with van der Waals surface area (Å²) >= 11 is 0. The van der Waals surface area contributed by atoms with Crippen LogP contribution in [0.4, 0.5) is 17.2 Å². The van der Waals surface area contributed by atoms with E-state index in [4.69, 9.17) is 14.5 Å². The summed E-state index contributed by atoms with van der Waals surface area (Å²) in [7, 11) is -2.08. The van der Waals surface area contributed by atoms with Gasteiger partial charge in [-0.1, -0.05) is 19.3 Å². The van der Waals surface area contributed by atoms with Gasteiger partial charge in [-0.15, -0.1) is 0 Å². The molecule has 1 saturated heterocycles. The third-order valence-corrected chi connectivity index (χ3v) is 8.43. The molecule has 5 rings (SSSR count). The molecule has 0 atom stereocenters. The minimum absolute atomic E-state index is 0.198. The maximum absolute atomic E-state index is 13.0. The van der Waals surface area contributed by atoms with Crippen LogP contribution in [-0.4, -0.2) is 62.1 Å². The second-order valence-electron chi connectivity index (χ2n) is 8.78. The van der Waals surface area contributed by atoms with Gasteiger partial charge in [-0.3, -0.25) is 0 Å². The van der Waals surface area contributed by atoms with Crippen molar-refractivity contribution in [3.8, 4) is 5.75 Å². The summed E-state index contributed by atoms with van der Waals surface area (Å²) in [5, 5.41) is 8.07. The van der Waals surface area contributed by atoms with Gasteiger partial charge in [0.25, 0.3) is 0 Å². The van der Waals surface area contributed by atoms with Crippen molar-refractivity contribution in [2.75, 3.05) is 44.0 Å². The lowest BCUT2D eigenvalue weighted by Crippen LogP contribution is -2.40. The van der Waals surface area contributed by atoms with Crippen LogP contribution in [0.3, 0.4) is 0 Å². The number of nitrogens with one attached hydrogen (secondary N) is 3. The predicted octanol–water partition coefficient (Wildman–Crippen LogP) is 4.08. The first-order chi connectivity index (χ1) is 16.5. The Morgan fingerprint density at radius 2 is 1.88 bits per heavy atom. The second-order valence-corrected chi connectivity index (χ2v) is 10.7. The number of pyridine rings is 1. The van der Waals surface area contributed by atoms with Gasteiger partial charge in [0.05, 0.1) is 30.9 Å². The zero-order chi connectivity index (χ0) is 23.5. The minimum atomic E-state index is -3.61. The number of fused-ring (bicyclic) bond motifs is 1. The first-order valence-electron chi connectivity index (χ1n) is 11.8. The van der Waals surface area contributed by atoms with Crippen molar-refractivity contribution in [1.82, 2.24) is 14.3 Å². The number of anilines is 3. The lowest BCUT2D eigenvalue weighted by atomic mass is 9.95. The van der Waals surface area contributed by atoms with Crippen molar-refractivity contribution in [3.05, 3.63) is 36.5 Å². The molecule has 2 aromatic heterocycles. The molecule has 1 saturated carbocycles. The van der Waals surface area contributed by atoms with E-state index in [9.17, 15) is 8.42 Å². The molecule has 1 aromatic carbocycles. The molecule has 182 valence electrons. The van der Waals surface area contributed by atoms with Crippen molar-refractivity contribution in [1.29, 1.82) is 0 Å². The number of H-pyrrole nitrogens is 1. The summed E-state index contributed by atoms with van der Waals surface area (Å²) in [6, 6.07) is 9.37. The van der Waals surface area contributed by atoms with Crippen molar-refractivity contribution in [2.24, 2.45) is 0 Å². The van der Waals surface area contributed by atoms with Crippen LogP contribution in [0.2, 0.25) is 0 Å². The molecule has 1 aliphatic heterocycles. The average Bonchev–Trinajstić information content (AvgIpc) is 3.34. The van der Waals surface area contributed by atoms with Crippen LogP contribution in [0, 0.1) is 0 Å². The highest BCUT2D eigenvalue weighted by Crippen LogP contribution is 2.34. The fraction of sp³-hybridized carbons (Fsp3) is 0.458. The molecule has 0 radical (unpaired) electrons. The number of benzene rings is 1. The van der Waals surface area contributed by atoms with Gasteiger partial charge in [0.2, 0.25) is 10.0 Å². The van der Waals surface area contributed by atoms with E-state index in [1.807, 2.05) is 18.3 Å². The molecule has 2 fully saturated rings. The van der Waals surface area contributed by atoms with E-state index >= 15 is 0 Å². The minimum Gasteiger partial charge on any atom is -0.495 e. The number of hydrogen-bond acceptors (Lipinski definition) is 7. The summed E-state index contributed by atoms with van der Waals surface area (Å²) < 4.78 is 38.4. The average molecular weight is 486 g/mol. The monoisotopic (exact) mass is 485 g/mol. The third kappa shape index (κ3) is 4.70. The van der Waals surface area contributed by atoms with Gasteiger partial charge in [-0.2, -0.15) is 4.31 Å². The zero-order valence-corrected chi connectivity index (χ0v) is 20.2. The highest BCUT2D eigenvalue weighted by molar-refractivity contribution is 7.89. The van der Waals surface area contributed by atoms with Gasteiger partial charge in [0, 0.05) is 48.5 Å². The van der Waals surface area contributed by atoms with E-state index in [1.165, 1.54) is 43.5 Å². The number of hydrogen-bond donors (Lipinski definition) is 3. The summed E-state index contributed by atoms with van der Waals surface area (Å²) in [6.45, 7) is 1.50. The van der Waals surface area contributed by atoms with Crippen LogP contribution in [-0.2, 0) is 14.8 Å². The van der Waals surface area contributed by atoms with Gasteiger partial charge in [-0.05, 0) is 31.0 Å². The van der Waals surface area contributed by atoms with Crippen molar-refractivity contribution >= 4 is 38.2 Å². The van der Waals surface area contributed by atoms with E-state index in [-0.39, 0.29) is 4.90 Å². The lowest BCUT2D eigenvalue weighted by molar-refractivity contribution is 0.0730. The molecule has 3 heterocycles. The van der Waals surface area contributed by atoms with E-state index in [0.717, 1.165) is 16.7 Å². The van der Waals surface area contributed by atoms with Gasteiger partial charge >= 0.3 is 0 Å². The van der Waals surface area contributed by atoms with Crippen molar-refractivity contribution in [3.63, 3.8) is 0 Å². The van der Waals surface area contributed by atoms with Crippen LogP contribution < -0.4 is 15.4 Å². The number of rotatable bonds is 7. The standard InChI is InChI=1S/C24H31N5O4S/c1-32-22-15-18(34(30,31)29-11-13-33-14-12-29)7-8-20(22)27-23-16-21(19-9-10-25-24(19)28-23)26-17-5-3-2-4-6-17/h7-10,15-17H,2-6,11-14H2,1H3,(H3,25,26,27,28). The van der Waals surface area contributed by atoms with Crippen LogP contribution in [0.15, 0.2) is 41.4 Å². The Hall–Kier alpha value is -2.82. The van der Waals surface area contributed by atoms with Gasteiger partial charge in [0.1, 0.15) is 17.2 Å². The Bertz CT molecular complexity index is 1250. The quantitative estimate of drug-likeness (QED) is 0.463. The first-order valence-corrected chi connectivity index (χ1v) is 13.3. The second kappa shape index (κ2) is 9.81. The lowest BCUT2D eigenvalue weighted by Gasteiger charge is -2.26.